The molecule has 1 aliphatic rings. The molecule has 1 aliphatic heterocycles. The van der Waals surface area contributed by atoms with Crippen LogP contribution in [0.5, 0.6) is 5.75 Å². The van der Waals surface area contributed by atoms with E-state index in [0.717, 1.165) is 9.13 Å². The molecule has 9 nitrogen and oxygen atoms in total. The molecule has 0 aliphatic carbocycles. The van der Waals surface area contributed by atoms with E-state index in [4.69, 9.17) is 32.9 Å². The number of urea groups is 1. The maximum absolute atomic E-state index is 13.9. The third-order valence-corrected chi connectivity index (χ3v) is 8.37. The summed E-state index contributed by atoms with van der Waals surface area (Å²) in [6, 6.07) is 19.3. The number of nitrogens with one attached hydrogen (secondary N) is 2. The number of carbonyl (C=O) groups is 2. The SMILES string of the molecule is C[C@@H](c1ccccc1)C(c1nc(-c2ccc(I)cc2Cl)c(Cl)[nH]1)N1C(=O)N[C@H](c2ccc(OC(CO)CO)cc2)C1=O. The van der Waals surface area contributed by atoms with Crippen molar-refractivity contribution in [2.75, 3.05) is 13.2 Å². The van der Waals surface area contributed by atoms with Crippen LogP contribution in [0.25, 0.3) is 11.3 Å². The number of hydrogen-bond acceptors (Lipinski definition) is 6. The first-order chi connectivity index (χ1) is 20.2. The predicted molar refractivity (Wildman–Crippen MR) is 168 cm³/mol. The van der Waals surface area contributed by atoms with Gasteiger partial charge in [0.15, 0.2) is 0 Å². The number of H-pyrrole nitrogens is 1. The molecule has 4 N–H and O–H groups in total. The zero-order valence-corrected chi connectivity index (χ0v) is 26.0. The molecule has 0 saturated carbocycles. The number of aromatic nitrogens is 2. The summed E-state index contributed by atoms with van der Waals surface area (Å²) in [6.07, 6.45) is -0.765. The molecule has 0 bridgehead atoms. The number of benzene rings is 3. The van der Waals surface area contributed by atoms with E-state index in [2.05, 4.69) is 32.9 Å². The molecule has 218 valence electrons. The number of imide groups is 1. The number of hydrogen-bond donors (Lipinski definition) is 4. The topological polar surface area (TPSA) is 128 Å². The number of amides is 3. The summed E-state index contributed by atoms with van der Waals surface area (Å²) in [6.45, 7) is 1.23. The number of carbonyl (C=O) groups excluding carboxylic acids is 2. The zero-order chi connectivity index (χ0) is 30.0. The molecular weight excluding hydrogens is 694 g/mol. The van der Waals surface area contributed by atoms with Crippen molar-refractivity contribution in [2.24, 2.45) is 0 Å². The van der Waals surface area contributed by atoms with Crippen LogP contribution >= 0.6 is 45.8 Å². The Bertz CT molecular complexity index is 1580. The molecule has 1 aromatic heterocycles. The van der Waals surface area contributed by atoms with Crippen LogP contribution < -0.4 is 10.1 Å². The quantitative estimate of drug-likeness (QED) is 0.120. The normalized spacial score (nSPS) is 16.5. The van der Waals surface area contributed by atoms with Gasteiger partial charge in [-0.3, -0.25) is 9.69 Å². The Morgan fingerprint density at radius 3 is 2.36 bits per heavy atom. The molecule has 1 fully saturated rings. The molecule has 0 spiro atoms. The number of nitrogens with zero attached hydrogens (tertiary/aromatic N) is 2. The smallest absolute Gasteiger partial charge is 0.325 e. The van der Waals surface area contributed by atoms with Crippen LogP contribution in [0.4, 0.5) is 4.79 Å². The standard InChI is InChI=1S/C30H27Cl2IN4O5/c1-16(17-5-3-2-4-6-17)26(28-34-25(27(32)36-28)22-12-9-19(33)13-23(22)31)37-29(40)24(35-30(37)41)18-7-10-20(11-8-18)42-21(14-38)15-39/h2-13,16,21,24,26,38-39H,14-15H2,1H3,(H,34,36)(H,35,41)/t16-,24+,26?/m0/s1. The fourth-order valence-corrected chi connectivity index (χ4v) is 6.12. The number of halogens is 3. The molecule has 2 heterocycles. The summed E-state index contributed by atoms with van der Waals surface area (Å²) in [5, 5.41) is 22.1. The summed E-state index contributed by atoms with van der Waals surface area (Å²) in [5.74, 6) is -0.0611. The first-order valence-electron chi connectivity index (χ1n) is 13.1. The first-order valence-corrected chi connectivity index (χ1v) is 14.9. The van der Waals surface area contributed by atoms with E-state index in [0.29, 0.717) is 33.4 Å². The average Bonchev–Trinajstić information content (AvgIpc) is 3.51. The monoisotopic (exact) mass is 720 g/mol. The number of rotatable bonds is 10. The van der Waals surface area contributed by atoms with E-state index < -0.39 is 30.1 Å². The van der Waals surface area contributed by atoms with E-state index in [1.54, 1.807) is 30.3 Å². The fraction of sp³-hybridized carbons (Fsp3) is 0.233. The van der Waals surface area contributed by atoms with Crippen LogP contribution in [0, 0.1) is 3.57 Å². The van der Waals surface area contributed by atoms with Gasteiger partial charge in [0.25, 0.3) is 5.91 Å². The fourth-order valence-electron chi connectivity index (χ4n) is 4.94. The van der Waals surface area contributed by atoms with E-state index in [1.807, 2.05) is 49.4 Å². The Kier molecular flexibility index (Phi) is 9.38. The van der Waals surface area contributed by atoms with Crippen molar-refractivity contribution in [1.29, 1.82) is 0 Å². The van der Waals surface area contributed by atoms with Gasteiger partial charge in [-0.25, -0.2) is 9.78 Å². The Balaban J connectivity index is 1.51. The molecule has 1 unspecified atom stereocenters. The second kappa shape index (κ2) is 13.0. The van der Waals surface area contributed by atoms with Crippen molar-refractivity contribution in [3.63, 3.8) is 0 Å². The summed E-state index contributed by atoms with van der Waals surface area (Å²) in [4.78, 5) is 36.5. The highest BCUT2D eigenvalue weighted by Gasteiger charge is 2.46. The van der Waals surface area contributed by atoms with Crippen LogP contribution in [-0.2, 0) is 4.79 Å². The van der Waals surface area contributed by atoms with Gasteiger partial charge in [0, 0.05) is 15.1 Å². The number of ether oxygens (including phenoxy) is 1. The van der Waals surface area contributed by atoms with Crippen LogP contribution in [0.2, 0.25) is 10.2 Å². The minimum atomic E-state index is -0.945. The third-order valence-electron chi connectivity index (χ3n) is 7.12. The van der Waals surface area contributed by atoms with Crippen molar-refractivity contribution < 1.29 is 24.5 Å². The molecule has 3 amide bonds. The van der Waals surface area contributed by atoms with Crippen LogP contribution in [0.1, 0.15) is 41.9 Å². The Hall–Kier alpha value is -3.16. The van der Waals surface area contributed by atoms with E-state index in [9.17, 15) is 19.8 Å². The lowest BCUT2D eigenvalue weighted by Gasteiger charge is -2.29. The number of aliphatic hydroxyl groups is 2. The highest BCUT2D eigenvalue weighted by molar-refractivity contribution is 14.1. The third kappa shape index (κ3) is 6.13. The number of aromatic amines is 1. The minimum Gasteiger partial charge on any atom is -0.486 e. The Morgan fingerprint density at radius 2 is 1.71 bits per heavy atom. The van der Waals surface area contributed by atoms with Crippen molar-refractivity contribution in [3.05, 3.63) is 103 Å². The molecular formula is C30H27Cl2IN4O5. The van der Waals surface area contributed by atoms with Gasteiger partial charge in [-0.1, -0.05) is 78.7 Å². The predicted octanol–water partition coefficient (Wildman–Crippen LogP) is 5.86. The molecule has 0 radical (unpaired) electrons. The van der Waals surface area contributed by atoms with Crippen LogP contribution in [-0.4, -0.2) is 56.3 Å². The summed E-state index contributed by atoms with van der Waals surface area (Å²) in [5.41, 5.74) is 2.48. The van der Waals surface area contributed by atoms with Gasteiger partial charge in [-0.05, 0) is 58.0 Å². The lowest BCUT2D eigenvalue weighted by Crippen LogP contribution is -2.38. The number of aliphatic hydroxyl groups excluding tert-OH is 2. The highest BCUT2D eigenvalue weighted by Crippen LogP contribution is 2.41. The summed E-state index contributed by atoms with van der Waals surface area (Å²) >= 11 is 15.3. The second-order valence-electron chi connectivity index (χ2n) is 9.82. The van der Waals surface area contributed by atoms with Gasteiger partial charge >= 0.3 is 6.03 Å². The molecule has 3 atom stereocenters. The molecule has 42 heavy (non-hydrogen) atoms. The average molecular weight is 721 g/mol. The summed E-state index contributed by atoms with van der Waals surface area (Å²) in [7, 11) is 0. The first kappa shape index (κ1) is 30.3. The van der Waals surface area contributed by atoms with Gasteiger partial charge in [0.2, 0.25) is 0 Å². The van der Waals surface area contributed by atoms with Gasteiger partial charge in [0.1, 0.15) is 40.6 Å². The molecule has 4 aromatic rings. The number of imidazole rings is 1. The van der Waals surface area contributed by atoms with Crippen molar-refractivity contribution in [3.8, 4) is 17.0 Å². The molecule has 12 heteroatoms. The maximum atomic E-state index is 13.9. The second-order valence-corrected chi connectivity index (χ2v) is 11.8. The van der Waals surface area contributed by atoms with Crippen molar-refractivity contribution in [2.45, 2.75) is 31.0 Å². The lowest BCUT2D eigenvalue weighted by atomic mass is 9.91. The van der Waals surface area contributed by atoms with Crippen molar-refractivity contribution >= 4 is 57.7 Å². The van der Waals surface area contributed by atoms with Gasteiger partial charge in [-0.15, -0.1) is 0 Å². The molecule has 3 aromatic carbocycles. The molecule has 5 rings (SSSR count). The van der Waals surface area contributed by atoms with E-state index in [1.165, 1.54) is 4.90 Å². The van der Waals surface area contributed by atoms with E-state index >= 15 is 0 Å². The lowest BCUT2D eigenvalue weighted by molar-refractivity contribution is -0.129. The maximum Gasteiger partial charge on any atom is 0.325 e. The van der Waals surface area contributed by atoms with Gasteiger partial charge in [-0.2, -0.15) is 0 Å². The highest BCUT2D eigenvalue weighted by atomic mass is 127. The van der Waals surface area contributed by atoms with Crippen LogP contribution in [0.15, 0.2) is 72.8 Å². The zero-order valence-electron chi connectivity index (χ0n) is 22.3. The van der Waals surface area contributed by atoms with Gasteiger partial charge < -0.3 is 25.3 Å². The van der Waals surface area contributed by atoms with E-state index in [-0.39, 0.29) is 24.3 Å². The summed E-state index contributed by atoms with van der Waals surface area (Å²) < 4.78 is 6.48. The Morgan fingerprint density at radius 1 is 1.02 bits per heavy atom. The minimum absolute atomic E-state index is 0.238. The molecule has 1 saturated heterocycles. The largest absolute Gasteiger partial charge is 0.486 e. The Labute approximate surface area is 266 Å². The van der Waals surface area contributed by atoms with Crippen LogP contribution in [0.3, 0.4) is 0 Å². The van der Waals surface area contributed by atoms with Gasteiger partial charge in [0.05, 0.1) is 18.2 Å². The van der Waals surface area contributed by atoms with Crippen molar-refractivity contribution in [1.82, 2.24) is 20.2 Å².